The fourth-order valence-electron chi connectivity index (χ4n) is 4.93. The van der Waals surface area contributed by atoms with Gasteiger partial charge < -0.3 is 4.98 Å². The van der Waals surface area contributed by atoms with Crippen LogP contribution in [0.2, 0.25) is 17.3 Å². The van der Waals surface area contributed by atoms with Crippen LogP contribution < -0.4 is 4.40 Å². The number of aromatic nitrogens is 2. The van der Waals surface area contributed by atoms with Crippen LogP contribution in [0.15, 0.2) is 116 Å². The number of rotatable bonds is 4. The average molecular weight is 835 g/mol. The number of nitrogens with zero attached hydrogens (tertiary/aromatic N) is 2. The van der Waals surface area contributed by atoms with Gasteiger partial charge in [0.1, 0.15) is 5.82 Å². The third-order valence-corrected chi connectivity index (χ3v) is 12.7. The summed E-state index contributed by atoms with van der Waals surface area (Å²) in [5.41, 5.74) is 4.88. The predicted octanol–water partition coefficient (Wildman–Crippen LogP) is 10.1. The number of hydrogen-bond donors (Lipinski definition) is 0. The fourth-order valence-corrected chi connectivity index (χ4v) is 8.32. The van der Waals surface area contributed by atoms with Crippen molar-refractivity contribution in [3.8, 4) is 33.6 Å². The Hall–Kier alpha value is -3.48. The van der Waals surface area contributed by atoms with Crippen LogP contribution in [-0.4, -0.2) is 23.2 Å². The molecule has 0 aliphatic carbocycles. The zero-order chi connectivity index (χ0) is 32.5. The van der Waals surface area contributed by atoms with E-state index in [9.17, 15) is 4.39 Å². The van der Waals surface area contributed by atoms with Crippen molar-refractivity contribution in [3.05, 3.63) is 139 Å². The molecule has 0 saturated carbocycles. The molecule has 7 rings (SSSR count). The molecule has 2 nitrogen and oxygen atoms in total. The monoisotopic (exact) mass is 836 g/mol. The van der Waals surface area contributed by atoms with Gasteiger partial charge in [-0.15, -0.1) is 23.8 Å². The summed E-state index contributed by atoms with van der Waals surface area (Å²) in [4.78, 5) is 9.10. The van der Waals surface area contributed by atoms with Gasteiger partial charge in [-0.05, 0) is 40.5 Å². The molecule has 0 fully saturated rings. The van der Waals surface area contributed by atoms with Gasteiger partial charge >= 0.3 is 99.8 Å². The predicted molar refractivity (Wildman–Crippen MR) is 183 cm³/mol. The quantitative estimate of drug-likeness (QED) is 0.130. The first-order valence-electron chi connectivity index (χ1n) is 15.5. The van der Waals surface area contributed by atoms with Crippen LogP contribution in [0.5, 0.6) is 0 Å². The molecule has 3 heterocycles. The van der Waals surface area contributed by atoms with E-state index in [2.05, 4.69) is 51.5 Å². The van der Waals surface area contributed by atoms with Gasteiger partial charge in [0.2, 0.25) is 0 Å². The molecule has 0 atom stereocenters. The van der Waals surface area contributed by atoms with E-state index >= 15 is 0 Å². The van der Waals surface area contributed by atoms with Crippen LogP contribution in [0, 0.1) is 24.8 Å². The maximum absolute atomic E-state index is 14.5. The third-order valence-electron chi connectivity index (χ3n) is 7.27. The normalized spacial score (nSPS) is 12.4. The SMILES string of the molecule is [2H]C([2H])([2H])c1cc(-c2[c-]ccc3c2sc2cccc(F)c23)ncc1-c1ccccc1.[CH3][Ge]([CH3])([CH3])[c]1ccc(-c2[c-]cccc2)nc1.[Ir]. The Morgan fingerprint density at radius 3 is 2.30 bits per heavy atom. The molecule has 221 valence electrons. The summed E-state index contributed by atoms with van der Waals surface area (Å²) in [6.07, 6.45) is 3.64. The van der Waals surface area contributed by atoms with Gasteiger partial charge in [0.05, 0.1) is 0 Å². The minimum Gasteiger partial charge on any atom is 0 e. The summed E-state index contributed by atoms with van der Waals surface area (Å²) in [5.74, 6) is 6.87. The van der Waals surface area contributed by atoms with E-state index in [4.69, 9.17) is 4.11 Å². The first-order valence-corrected chi connectivity index (χ1v) is 22.2. The summed E-state index contributed by atoms with van der Waals surface area (Å²) in [7, 11) is 0. The van der Waals surface area contributed by atoms with Gasteiger partial charge in [0, 0.05) is 46.1 Å². The molecule has 4 aromatic carbocycles. The summed E-state index contributed by atoms with van der Waals surface area (Å²) in [5, 5.41) is 1.36. The van der Waals surface area contributed by atoms with Crippen molar-refractivity contribution in [1.82, 2.24) is 9.97 Å². The second kappa shape index (κ2) is 13.7. The van der Waals surface area contributed by atoms with Crippen LogP contribution in [0.25, 0.3) is 53.8 Å². The fraction of sp³-hybridized carbons (Fsp3) is 0.105. The van der Waals surface area contributed by atoms with Crippen molar-refractivity contribution >= 4 is 49.2 Å². The molecule has 1 radical (unpaired) electrons. The second-order valence-electron chi connectivity index (χ2n) is 11.3. The zero-order valence-electron chi connectivity index (χ0n) is 27.5. The standard InChI is InChI=1S/C24H15FNS.C14H16GeN.Ir/c1-15-13-21(26-14-19(15)16-7-3-2-4-8-16)17-9-5-10-18-23-20(25)11-6-12-22(23)27-24(17)18;1-15(2,3)13-9-10-14(16-11-13)12-7-5-4-6-8-12;/h2-8,10-14H,1H3;4-7,9-11H,1-3H3;/q2*-1;/i1D3;;. The van der Waals surface area contributed by atoms with Crippen molar-refractivity contribution in [2.75, 3.05) is 0 Å². The number of thiophene rings is 1. The Bertz CT molecular complexity index is 2130. The molecule has 7 aromatic rings. The molecule has 0 aliphatic rings. The van der Waals surface area contributed by atoms with E-state index in [-0.39, 0.29) is 31.5 Å². The van der Waals surface area contributed by atoms with Crippen LogP contribution in [0.3, 0.4) is 0 Å². The van der Waals surface area contributed by atoms with Crippen molar-refractivity contribution in [3.63, 3.8) is 0 Å². The molecule has 0 amide bonds. The van der Waals surface area contributed by atoms with E-state index in [0.717, 1.165) is 31.6 Å². The Morgan fingerprint density at radius 1 is 0.795 bits per heavy atom. The van der Waals surface area contributed by atoms with Gasteiger partial charge in [0.25, 0.3) is 0 Å². The Labute approximate surface area is 283 Å². The summed E-state index contributed by atoms with van der Waals surface area (Å²) in [6.45, 7) is -2.30. The largest absolute Gasteiger partial charge is 0 e. The maximum atomic E-state index is 14.5. The molecule has 0 unspecified atom stereocenters. The van der Waals surface area contributed by atoms with E-state index in [0.29, 0.717) is 22.2 Å². The Balaban J connectivity index is 0.000000217. The minimum absolute atomic E-state index is 0. The molecule has 0 bridgehead atoms. The number of halogens is 1. The van der Waals surface area contributed by atoms with Gasteiger partial charge in [-0.3, -0.25) is 0 Å². The maximum Gasteiger partial charge on any atom is 0 e. The summed E-state index contributed by atoms with van der Waals surface area (Å²) < 4.78 is 41.7. The van der Waals surface area contributed by atoms with Crippen molar-refractivity contribution in [2.45, 2.75) is 24.1 Å². The minimum atomic E-state index is -2.30. The topological polar surface area (TPSA) is 25.8 Å². The van der Waals surface area contributed by atoms with Crippen LogP contribution >= 0.6 is 11.3 Å². The van der Waals surface area contributed by atoms with Crippen LogP contribution in [0.4, 0.5) is 4.39 Å². The molecular formula is C38H31FGeIrN2S-2. The Kier molecular flexibility index (Phi) is 8.70. The van der Waals surface area contributed by atoms with Crippen molar-refractivity contribution < 1.29 is 28.6 Å². The first-order chi connectivity index (χ1) is 22.0. The van der Waals surface area contributed by atoms with Gasteiger partial charge in [-0.2, -0.15) is 11.3 Å². The smallest absolute Gasteiger partial charge is 0 e. The van der Waals surface area contributed by atoms with Gasteiger partial charge in [-0.1, -0.05) is 47.9 Å². The molecule has 3 aromatic heterocycles. The molecule has 0 aliphatic heterocycles. The average Bonchev–Trinajstić information content (AvgIpc) is 3.45. The number of pyridine rings is 2. The number of benzene rings is 4. The third kappa shape index (κ3) is 6.77. The molecule has 0 N–H and O–H groups in total. The molecule has 44 heavy (non-hydrogen) atoms. The van der Waals surface area contributed by atoms with E-state index in [1.165, 1.54) is 21.8 Å². The number of aryl methyl sites for hydroxylation is 1. The van der Waals surface area contributed by atoms with Crippen molar-refractivity contribution in [2.24, 2.45) is 0 Å². The first kappa shape index (κ1) is 28.0. The van der Waals surface area contributed by atoms with Crippen molar-refractivity contribution in [1.29, 1.82) is 0 Å². The van der Waals surface area contributed by atoms with E-state index in [1.807, 2.05) is 72.9 Å². The van der Waals surface area contributed by atoms with Gasteiger partial charge in [-0.25, -0.2) is 4.39 Å². The second-order valence-corrected chi connectivity index (χ2v) is 23.0. The molecule has 0 spiro atoms. The van der Waals surface area contributed by atoms with E-state index < -0.39 is 20.1 Å². The zero-order valence-corrected chi connectivity index (χ0v) is 29.8. The number of fused-ring (bicyclic) bond motifs is 3. The molecule has 6 heteroatoms. The number of hydrogen-bond acceptors (Lipinski definition) is 3. The van der Waals surface area contributed by atoms with Crippen LogP contribution in [-0.2, 0) is 20.1 Å². The van der Waals surface area contributed by atoms with Crippen LogP contribution in [0.1, 0.15) is 9.68 Å². The molecule has 0 saturated heterocycles. The van der Waals surface area contributed by atoms with Gasteiger partial charge in [0.15, 0.2) is 0 Å². The Morgan fingerprint density at radius 2 is 1.59 bits per heavy atom. The summed E-state index contributed by atoms with van der Waals surface area (Å²) >= 11 is -0.257. The van der Waals surface area contributed by atoms with E-state index in [1.54, 1.807) is 24.4 Å². The molecular weight excluding hydrogens is 800 g/mol. The summed E-state index contributed by atoms with van der Waals surface area (Å²) in [6, 6.07) is 38.2.